The number of nitrogens with zero attached hydrogens (tertiary/aromatic N) is 2. The van der Waals surface area contributed by atoms with Gasteiger partial charge in [0.25, 0.3) is 0 Å². The third kappa shape index (κ3) is 2.40. The first kappa shape index (κ1) is 13.1. The zero-order chi connectivity index (χ0) is 14.1. The molecule has 0 spiro atoms. The monoisotopic (exact) mass is 267 g/mol. The second kappa shape index (κ2) is 5.23. The van der Waals surface area contributed by atoms with Crippen molar-refractivity contribution in [3.05, 3.63) is 53.0 Å². The van der Waals surface area contributed by atoms with Crippen LogP contribution >= 0.6 is 0 Å². The highest BCUT2D eigenvalue weighted by Gasteiger charge is 2.25. The number of hydrogen-bond donors (Lipinski definition) is 1. The molecule has 0 aliphatic heterocycles. The molecule has 0 saturated heterocycles. The summed E-state index contributed by atoms with van der Waals surface area (Å²) in [5.74, 6) is 2.75. The fourth-order valence-electron chi connectivity index (χ4n) is 2.83. The summed E-state index contributed by atoms with van der Waals surface area (Å²) in [6, 6.07) is 10.7. The fraction of sp³-hybridized carbons (Fsp3) is 0.412. The molecular formula is C17H21N3. The highest BCUT2D eigenvalue weighted by molar-refractivity contribution is 5.39. The lowest BCUT2D eigenvalue weighted by atomic mass is 10.0. The van der Waals surface area contributed by atoms with E-state index in [9.17, 15) is 0 Å². The number of benzene rings is 1. The van der Waals surface area contributed by atoms with Crippen molar-refractivity contribution in [3.8, 4) is 0 Å². The number of nitrogens with one attached hydrogen (secondary N) is 1. The second-order valence-corrected chi connectivity index (χ2v) is 5.81. The topological polar surface area (TPSA) is 37.8 Å². The Morgan fingerprint density at radius 1 is 1.10 bits per heavy atom. The van der Waals surface area contributed by atoms with Crippen molar-refractivity contribution in [2.75, 3.05) is 12.4 Å². The Bertz CT molecular complexity index is 594. The molecule has 0 bridgehead atoms. The zero-order valence-corrected chi connectivity index (χ0v) is 12.4. The van der Waals surface area contributed by atoms with Crippen LogP contribution in [0.15, 0.2) is 30.3 Å². The van der Waals surface area contributed by atoms with E-state index in [1.165, 1.54) is 11.1 Å². The highest BCUT2D eigenvalue weighted by atomic mass is 15.0. The van der Waals surface area contributed by atoms with Crippen molar-refractivity contribution < 1.29 is 0 Å². The van der Waals surface area contributed by atoms with Crippen molar-refractivity contribution in [3.63, 3.8) is 0 Å². The van der Waals surface area contributed by atoms with Crippen molar-refractivity contribution in [1.82, 2.24) is 9.97 Å². The molecule has 1 aliphatic carbocycles. The lowest BCUT2D eigenvalue weighted by Gasteiger charge is -2.13. The van der Waals surface area contributed by atoms with E-state index in [4.69, 9.17) is 4.98 Å². The number of anilines is 1. The van der Waals surface area contributed by atoms with Gasteiger partial charge in [-0.25, -0.2) is 9.97 Å². The molecule has 0 unspecified atom stereocenters. The molecule has 1 aliphatic rings. The molecule has 3 nitrogen and oxygen atoms in total. The summed E-state index contributed by atoms with van der Waals surface area (Å²) >= 11 is 0. The lowest BCUT2D eigenvalue weighted by molar-refractivity contribution is 0.665. The Hall–Kier alpha value is -1.90. The molecule has 0 radical (unpaired) electrons. The smallest absolute Gasteiger partial charge is 0.134 e. The van der Waals surface area contributed by atoms with Gasteiger partial charge in [-0.1, -0.05) is 38.1 Å². The number of hydrogen-bond acceptors (Lipinski definition) is 3. The molecule has 0 atom stereocenters. The average Bonchev–Trinajstić information content (AvgIpc) is 2.90. The Kier molecular flexibility index (Phi) is 3.43. The van der Waals surface area contributed by atoms with E-state index in [-0.39, 0.29) is 0 Å². The first-order valence-electron chi connectivity index (χ1n) is 7.30. The predicted molar refractivity (Wildman–Crippen MR) is 82.3 cm³/mol. The van der Waals surface area contributed by atoms with Gasteiger partial charge in [-0.2, -0.15) is 0 Å². The third-order valence-corrected chi connectivity index (χ3v) is 4.03. The van der Waals surface area contributed by atoms with Crippen molar-refractivity contribution >= 4 is 5.82 Å². The summed E-state index contributed by atoms with van der Waals surface area (Å²) in [6.45, 7) is 4.35. The standard InChI is InChI=1S/C17H21N3/c1-11(2)15-10-16(18-3)20-17(19-15)14-8-12-6-4-5-7-13(12)9-14/h4-7,10-11,14H,8-9H2,1-3H3,(H,18,19,20). The SMILES string of the molecule is CNc1cc(C(C)C)nc(C2Cc3ccccc3C2)n1. The fourth-order valence-corrected chi connectivity index (χ4v) is 2.83. The summed E-state index contributed by atoms with van der Waals surface area (Å²) in [5.41, 5.74) is 4.01. The third-order valence-electron chi connectivity index (χ3n) is 4.03. The molecule has 0 fully saturated rings. The van der Waals surface area contributed by atoms with Crippen LogP contribution in [0.2, 0.25) is 0 Å². The van der Waals surface area contributed by atoms with Crippen LogP contribution in [-0.4, -0.2) is 17.0 Å². The normalized spacial score (nSPS) is 14.6. The van der Waals surface area contributed by atoms with E-state index in [1.807, 2.05) is 7.05 Å². The molecule has 3 heteroatoms. The van der Waals surface area contributed by atoms with Gasteiger partial charge in [0.2, 0.25) is 0 Å². The summed E-state index contributed by atoms with van der Waals surface area (Å²) < 4.78 is 0. The summed E-state index contributed by atoms with van der Waals surface area (Å²) in [7, 11) is 1.92. The van der Waals surface area contributed by atoms with E-state index in [2.05, 4.69) is 54.5 Å². The van der Waals surface area contributed by atoms with Gasteiger partial charge in [-0.3, -0.25) is 0 Å². The second-order valence-electron chi connectivity index (χ2n) is 5.81. The Morgan fingerprint density at radius 2 is 1.75 bits per heavy atom. The van der Waals surface area contributed by atoms with Gasteiger partial charge in [0, 0.05) is 24.7 Å². The Morgan fingerprint density at radius 3 is 2.30 bits per heavy atom. The maximum atomic E-state index is 4.79. The maximum Gasteiger partial charge on any atom is 0.134 e. The molecule has 1 heterocycles. The van der Waals surface area contributed by atoms with Crippen LogP contribution in [0.4, 0.5) is 5.82 Å². The van der Waals surface area contributed by atoms with E-state index >= 15 is 0 Å². The molecule has 1 N–H and O–H groups in total. The number of fused-ring (bicyclic) bond motifs is 1. The molecule has 3 rings (SSSR count). The maximum absolute atomic E-state index is 4.79. The molecule has 0 saturated carbocycles. The predicted octanol–water partition coefficient (Wildman–Crippen LogP) is 3.52. The molecule has 1 aromatic heterocycles. The van der Waals surface area contributed by atoms with Crippen molar-refractivity contribution in [1.29, 1.82) is 0 Å². The van der Waals surface area contributed by atoms with Gasteiger partial charge in [0.1, 0.15) is 11.6 Å². The first-order valence-corrected chi connectivity index (χ1v) is 7.30. The van der Waals surface area contributed by atoms with Gasteiger partial charge < -0.3 is 5.32 Å². The molecule has 104 valence electrons. The number of rotatable bonds is 3. The van der Waals surface area contributed by atoms with Crippen LogP contribution in [-0.2, 0) is 12.8 Å². The van der Waals surface area contributed by atoms with Crippen molar-refractivity contribution in [2.45, 2.75) is 38.5 Å². The van der Waals surface area contributed by atoms with E-state index < -0.39 is 0 Å². The molecule has 2 aromatic rings. The van der Waals surface area contributed by atoms with Gasteiger partial charge in [-0.15, -0.1) is 0 Å². The molecular weight excluding hydrogens is 246 g/mol. The lowest BCUT2D eigenvalue weighted by Crippen LogP contribution is -2.09. The van der Waals surface area contributed by atoms with Crippen LogP contribution < -0.4 is 5.32 Å². The average molecular weight is 267 g/mol. The van der Waals surface area contributed by atoms with E-state index in [0.29, 0.717) is 11.8 Å². The quantitative estimate of drug-likeness (QED) is 0.924. The summed E-state index contributed by atoms with van der Waals surface area (Å²) in [5, 5.41) is 3.16. The van der Waals surface area contributed by atoms with Crippen LogP contribution in [0.5, 0.6) is 0 Å². The van der Waals surface area contributed by atoms with Crippen LogP contribution in [0.3, 0.4) is 0 Å². The van der Waals surface area contributed by atoms with E-state index in [0.717, 1.165) is 30.2 Å². The zero-order valence-electron chi connectivity index (χ0n) is 12.4. The van der Waals surface area contributed by atoms with Crippen molar-refractivity contribution in [2.24, 2.45) is 0 Å². The number of aromatic nitrogens is 2. The molecule has 0 amide bonds. The van der Waals surface area contributed by atoms with Crippen LogP contribution in [0, 0.1) is 0 Å². The largest absolute Gasteiger partial charge is 0.373 e. The Balaban J connectivity index is 1.94. The highest BCUT2D eigenvalue weighted by Crippen LogP contribution is 2.33. The first-order chi connectivity index (χ1) is 9.67. The van der Waals surface area contributed by atoms with Gasteiger partial charge in [0.15, 0.2) is 0 Å². The van der Waals surface area contributed by atoms with Gasteiger partial charge >= 0.3 is 0 Å². The van der Waals surface area contributed by atoms with E-state index in [1.54, 1.807) is 0 Å². The summed E-state index contributed by atoms with van der Waals surface area (Å²) in [4.78, 5) is 9.47. The minimum atomic E-state index is 0.415. The summed E-state index contributed by atoms with van der Waals surface area (Å²) in [6.07, 6.45) is 2.11. The van der Waals surface area contributed by atoms with Gasteiger partial charge in [0.05, 0.1) is 0 Å². The minimum Gasteiger partial charge on any atom is -0.373 e. The molecule has 20 heavy (non-hydrogen) atoms. The van der Waals surface area contributed by atoms with Crippen LogP contribution in [0.25, 0.3) is 0 Å². The van der Waals surface area contributed by atoms with Gasteiger partial charge in [-0.05, 0) is 29.9 Å². The van der Waals surface area contributed by atoms with Crippen LogP contribution in [0.1, 0.15) is 48.3 Å². The minimum absolute atomic E-state index is 0.415. The molecule has 1 aromatic carbocycles. The Labute approximate surface area is 120 Å².